The number of carbonyl (C=O) groups excluding carboxylic acids is 1. The number of hydrogen-bond donors (Lipinski definition) is 1. The average molecular weight is 333 g/mol. The molecule has 1 amide bonds. The van der Waals surface area contributed by atoms with Crippen molar-refractivity contribution in [2.75, 3.05) is 12.9 Å². The van der Waals surface area contributed by atoms with Crippen LogP contribution in [0.15, 0.2) is 48.1 Å². The van der Waals surface area contributed by atoms with E-state index in [1.54, 1.807) is 19.4 Å². The molecule has 1 atom stereocenters. The predicted octanol–water partition coefficient (Wildman–Crippen LogP) is 0.921. The number of methoxy groups -OCH3 is 1. The van der Waals surface area contributed by atoms with Crippen molar-refractivity contribution in [1.82, 2.24) is 15.1 Å². The second kappa shape index (κ2) is 5.88. The maximum atomic E-state index is 12.2. The minimum Gasteiger partial charge on any atom is -0.494 e. The van der Waals surface area contributed by atoms with Crippen molar-refractivity contribution in [2.24, 2.45) is 0 Å². The fraction of sp³-hybridized carbons (Fsp3) is 0.200. The van der Waals surface area contributed by atoms with E-state index < -0.39 is 15.9 Å². The van der Waals surface area contributed by atoms with Gasteiger partial charge >= 0.3 is 0 Å². The van der Waals surface area contributed by atoms with Gasteiger partial charge in [0, 0.05) is 11.6 Å². The second-order valence-corrected chi connectivity index (χ2v) is 7.01. The third-order valence-corrected chi connectivity index (χ3v) is 4.82. The van der Waals surface area contributed by atoms with E-state index in [0.29, 0.717) is 17.0 Å². The highest BCUT2D eigenvalue weighted by atomic mass is 32.2. The van der Waals surface area contributed by atoms with Crippen molar-refractivity contribution in [3.05, 3.63) is 53.7 Å². The number of hydrogen-bond acceptors (Lipinski definition) is 5. The van der Waals surface area contributed by atoms with E-state index in [0.717, 1.165) is 5.41 Å². The molecule has 8 heteroatoms. The number of nitrogens with one attached hydrogen (secondary N) is 1. The summed E-state index contributed by atoms with van der Waals surface area (Å²) in [6, 6.07) is 6.78. The summed E-state index contributed by atoms with van der Waals surface area (Å²) in [6.07, 6.45) is 4.47. The molecule has 23 heavy (non-hydrogen) atoms. The number of sulfone groups is 1. The fourth-order valence-corrected chi connectivity index (χ4v) is 3.54. The molecule has 0 bridgehead atoms. The van der Waals surface area contributed by atoms with Gasteiger partial charge in [0.2, 0.25) is 0 Å². The van der Waals surface area contributed by atoms with Gasteiger partial charge in [-0.3, -0.25) is 4.79 Å². The van der Waals surface area contributed by atoms with Gasteiger partial charge in [0.15, 0.2) is 9.84 Å². The summed E-state index contributed by atoms with van der Waals surface area (Å²) >= 11 is 0. The van der Waals surface area contributed by atoms with Crippen LogP contribution in [0.3, 0.4) is 0 Å². The standard InChI is InChI=1S/C15H15N3O4S/c1-22-14-5-3-2-4-13(14)18-9-11(8-16-18)15(19)17-12-6-7-23(20,21)10-12/h2-9,12H,10H2,1H3,(H,17,19)/t12-/m1/s1. The van der Waals surface area contributed by atoms with Crippen molar-refractivity contribution < 1.29 is 17.9 Å². The lowest BCUT2D eigenvalue weighted by Gasteiger charge is -2.09. The highest BCUT2D eigenvalue weighted by Crippen LogP contribution is 2.21. The number of carbonyl (C=O) groups is 1. The Kier molecular flexibility index (Phi) is 3.91. The molecule has 0 unspecified atom stereocenters. The minimum atomic E-state index is -3.20. The molecule has 1 aromatic heterocycles. The smallest absolute Gasteiger partial charge is 0.254 e. The zero-order valence-corrected chi connectivity index (χ0v) is 13.2. The number of rotatable bonds is 4. The molecule has 2 aromatic rings. The molecule has 0 radical (unpaired) electrons. The zero-order valence-electron chi connectivity index (χ0n) is 12.3. The van der Waals surface area contributed by atoms with Crippen LogP contribution in [-0.2, 0) is 9.84 Å². The lowest BCUT2D eigenvalue weighted by molar-refractivity contribution is 0.0947. The SMILES string of the molecule is COc1ccccc1-n1cc(C(=O)N[C@@H]2C=CS(=O)(=O)C2)cn1. The van der Waals surface area contributed by atoms with Crippen LogP contribution in [0.4, 0.5) is 0 Å². The monoisotopic (exact) mass is 333 g/mol. The van der Waals surface area contributed by atoms with Crippen molar-refractivity contribution in [3.63, 3.8) is 0 Å². The summed E-state index contributed by atoms with van der Waals surface area (Å²) in [4.78, 5) is 12.2. The lowest BCUT2D eigenvalue weighted by atomic mass is 10.2. The quantitative estimate of drug-likeness (QED) is 0.898. The summed E-state index contributed by atoms with van der Waals surface area (Å²) < 4.78 is 29.5. The van der Waals surface area contributed by atoms with E-state index in [4.69, 9.17) is 4.74 Å². The van der Waals surface area contributed by atoms with Crippen molar-refractivity contribution >= 4 is 15.7 Å². The van der Waals surface area contributed by atoms with Crippen LogP contribution in [0.5, 0.6) is 5.75 Å². The Balaban J connectivity index is 1.77. The van der Waals surface area contributed by atoms with Gasteiger partial charge in [0.05, 0.1) is 30.7 Å². The Morgan fingerprint density at radius 2 is 2.17 bits per heavy atom. The second-order valence-electron chi connectivity index (χ2n) is 5.08. The molecule has 3 rings (SSSR count). The van der Waals surface area contributed by atoms with Crippen molar-refractivity contribution in [3.8, 4) is 11.4 Å². The number of nitrogens with zero attached hydrogens (tertiary/aromatic N) is 2. The van der Waals surface area contributed by atoms with Crippen LogP contribution >= 0.6 is 0 Å². The molecule has 1 aliphatic heterocycles. The third kappa shape index (κ3) is 3.26. The summed E-state index contributed by atoms with van der Waals surface area (Å²) in [5, 5.41) is 7.93. The topological polar surface area (TPSA) is 90.3 Å². The van der Waals surface area contributed by atoms with Gasteiger partial charge in [-0.15, -0.1) is 0 Å². The summed E-state index contributed by atoms with van der Waals surface area (Å²) in [5.41, 5.74) is 1.05. The summed E-state index contributed by atoms with van der Waals surface area (Å²) in [6.45, 7) is 0. The average Bonchev–Trinajstić information content (AvgIpc) is 3.14. The van der Waals surface area contributed by atoms with Gasteiger partial charge < -0.3 is 10.1 Å². The highest BCUT2D eigenvalue weighted by Gasteiger charge is 2.24. The molecule has 1 aliphatic rings. The molecule has 0 spiro atoms. The number of para-hydroxylation sites is 2. The van der Waals surface area contributed by atoms with Gasteiger partial charge in [-0.1, -0.05) is 12.1 Å². The number of amides is 1. The van der Waals surface area contributed by atoms with Gasteiger partial charge in [0.25, 0.3) is 5.91 Å². The first-order valence-electron chi connectivity index (χ1n) is 6.88. The van der Waals surface area contributed by atoms with E-state index in [1.807, 2.05) is 18.2 Å². The number of benzene rings is 1. The molecule has 0 aliphatic carbocycles. The largest absolute Gasteiger partial charge is 0.494 e. The Labute approximate surface area is 133 Å². The predicted molar refractivity (Wildman–Crippen MR) is 84.3 cm³/mol. The Hall–Kier alpha value is -2.61. The molecule has 7 nitrogen and oxygen atoms in total. The molecule has 0 fully saturated rings. The van der Waals surface area contributed by atoms with E-state index in [2.05, 4.69) is 10.4 Å². The van der Waals surface area contributed by atoms with Gasteiger partial charge in [-0.05, 0) is 18.2 Å². The molecule has 0 saturated carbocycles. The molecule has 1 aromatic carbocycles. The minimum absolute atomic E-state index is 0.112. The van der Waals surface area contributed by atoms with Crippen LogP contribution in [0.25, 0.3) is 5.69 Å². The van der Waals surface area contributed by atoms with Crippen LogP contribution in [0.2, 0.25) is 0 Å². The van der Waals surface area contributed by atoms with Gasteiger partial charge in [-0.25, -0.2) is 13.1 Å². The third-order valence-electron chi connectivity index (χ3n) is 3.42. The van der Waals surface area contributed by atoms with Gasteiger partial charge in [-0.2, -0.15) is 5.10 Å². The first-order chi connectivity index (χ1) is 11.0. The van der Waals surface area contributed by atoms with Crippen LogP contribution in [-0.4, -0.2) is 43.0 Å². The van der Waals surface area contributed by atoms with Gasteiger partial charge in [0.1, 0.15) is 11.4 Å². The molecule has 1 N–H and O–H groups in total. The summed E-state index contributed by atoms with van der Waals surface area (Å²) in [5.74, 6) is 0.143. The van der Waals surface area contributed by atoms with E-state index in [9.17, 15) is 13.2 Å². The molecule has 0 saturated heterocycles. The van der Waals surface area contributed by atoms with Crippen molar-refractivity contribution in [1.29, 1.82) is 0 Å². The van der Waals surface area contributed by atoms with Crippen LogP contribution < -0.4 is 10.1 Å². The van der Waals surface area contributed by atoms with E-state index in [1.165, 1.54) is 17.0 Å². The normalized spacial score (nSPS) is 18.7. The first-order valence-corrected chi connectivity index (χ1v) is 8.60. The number of aromatic nitrogens is 2. The molecular formula is C15H15N3O4S. The van der Waals surface area contributed by atoms with E-state index >= 15 is 0 Å². The maximum Gasteiger partial charge on any atom is 0.254 e. The van der Waals surface area contributed by atoms with E-state index in [-0.39, 0.29) is 11.7 Å². The summed E-state index contributed by atoms with van der Waals surface area (Å²) in [7, 11) is -1.64. The Bertz CT molecular complexity index is 870. The zero-order chi connectivity index (χ0) is 16.4. The lowest BCUT2D eigenvalue weighted by Crippen LogP contribution is -2.35. The van der Waals surface area contributed by atoms with Crippen LogP contribution in [0, 0.1) is 0 Å². The maximum absolute atomic E-state index is 12.2. The number of ether oxygens (including phenoxy) is 1. The highest BCUT2D eigenvalue weighted by molar-refractivity contribution is 7.94. The first kappa shape index (κ1) is 15.3. The van der Waals surface area contributed by atoms with Crippen LogP contribution in [0.1, 0.15) is 10.4 Å². The molecule has 120 valence electrons. The Morgan fingerprint density at radius 3 is 2.87 bits per heavy atom. The fourth-order valence-electron chi connectivity index (χ4n) is 2.31. The molecular weight excluding hydrogens is 318 g/mol. The Morgan fingerprint density at radius 1 is 1.39 bits per heavy atom. The molecule has 2 heterocycles. The van der Waals surface area contributed by atoms with Crippen molar-refractivity contribution in [2.45, 2.75) is 6.04 Å².